The minimum absolute atomic E-state index is 0.0499. The number of pyridine rings is 1. The third-order valence-corrected chi connectivity index (χ3v) is 6.06. The molecule has 27 heavy (non-hydrogen) atoms. The highest BCUT2D eigenvalue weighted by Crippen LogP contribution is 2.25. The fourth-order valence-corrected chi connectivity index (χ4v) is 4.47. The molecule has 1 amide bonds. The van der Waals surface area contributed by atoms with Crippen molar-refractivity contribution >= 4 is 16.9 Å². The Kier molecular flexibility index (Phi) is 4.17. The van der Waals surface area contributed by atoms with Gasteiger partial charge in [0.05, 0.1) is 0 Å². The number of likely N-dealkylation sites (tertiary alicyclic amines) is 1. The highest BCUT2D eigenvalue weighted by Gasteiger charge is 2.29. The van der Waals surface area contributed by atoms with E-state index < -0.39 is 0 Å². The van der Waals surface area contributed by atoms with E-state index in [0.717, 1.165) is 56.5 Å². The average molecular weight is 360 g/mol. The molecule has 2 aliphatic heterocycles. The third kappa shape index (κ3) is 3.12. The quantitative estimate of drug-likeness (QED) is 0.763. The number of H-pyrrole nitrogens is 1. The highest BCUT2D eigenvalue weighted by atomic mass is 16.2. The van der Waals surface area contributed by atoms with E-state index in [1.807, 2.05) is 29.3 Å². The Labute approximate surface area is 159 Å². The van der Waals surface area contributed by atoms with Crippen LogP contribution in [0.5, 0.6) is 0 Å². The molecule has 0 bridgehead atoms. The summed E-state index contributed by atoms with van der Waals surface area (Å²) in [7, 11) is 0. The van der Waals surface area contributed by atoms with Crippen LogP contribution < -0.4 is 0 Å². The van der Waals surface area contributed by atoms with Gasteiger partial charge in [-0.15, -0.1) is 0 Å². The van der Waals surface area contributed by atoms with Gasteiger partial charge < -0.3 is 9.88 Å². The number of hydrogen-bond donors (Lipinski definition) is 1. The maximum Gasteiger partial charge on any atom is 0.272 e. The second kappa shape index (κ2) is 6.82. The van der Waals surface area contributed by atoms with Crippen LogP contribution >= 0.6 is 0 Å². The van der Waals surface area contributed by atoms with E-state index in [9.17, 15) is 4.79 Å². The molecule has 0 aliphatic carbocycles. The summed E-state index contributed by atoms with van der Waals surface area (Å²) in [4.78, 5) is 25.0. The van der Waals surface area contributed by atoms with E-state index in [2.05, 4.69) is 39.1 Å². The van der Waals surface area contributed by atoms with Gasteiger partial charge in [-0.1, -0.05) is 24.3 Å². The lowest BCUT2D eigenvalue weighted by molar-refractivity contribution is 0.0594. The first kappa shape index (κ1) is 16.5. The van der Waals surface area contributed by atoms with E-state index in [-0.39, 0.29) is 5.91 Å². The second-order valence-corrected chi connectivity index (χ2v) is 7.62. The average Bonchev–Trinajstić information content (AvgIpc) is 3.21. The zero-order chi connectivity index (χ0) is 18.2. The van der Waals surface area contributed by atoms with Crippen LogP contribution in [0.3, 0.4) is 0 Å². The number of benzene rings is 1. The molecule has 1 N–H and O–H groups in total. The van der Waals surface area contributed by atoms with Gasteiger partial charge in [-0.05, 0) is 48.6 Å². The summed E-state index contributed by atoms with van der Waals surface area (Å²) in [5.41, 5.74) is 4.27. The summed E-state index contributed by atoms with van der Waals surface area (Å²) in [6.45, 7) is 3.79. The molecule has 4 heterocycles. The van der Waals surface area contributed by atoms with E-state index in [1.54, 1.807) is 0 Å². The van der Waals surface area contributed by atoms with Crippen molar-refractivity contribution in [2.75, 3.05) is 19.6 Å². The number of aromatic amines is 1. The number of amides is 1. The molecule has 2 aromatic heterocycles. The topological polar surface area (TPSA) is 52.2 Å². The molecule has 2 aliphatic rings. The monoisotopic (exact) mass is 360 g/mol. The van der Waals surface area contributed by atoms with E-state index >= 15 is 0 Å². The number of fused-ring (bicyclic) bond motifs is 2. The fourth-order valence-electron chi connectivity index (χ4n) is 4.47. The van der Waals surface area contributed by atoms with Crippen molar-refractivity contribution in [2.45, 2.75) is 31.8 Å². The van der Waals surface area contributed by atoms with Crippen LogP contribution in [0.2, 0.25) is 0 Å². The summed E-state index contributed by atoms with van der Waals surface area (Å²) < 4.78 is 0. The van der Waals surface area contributed by atoms with Crippen molar-refractivity contribution in [3.63, 3.8) is 0 Å². The zero-order valence-corrected chi connectivity index (χ0v) is 15.4. The Hall–Kier alpha value is -2.66. The minimum Gasteiger partial charge on any atom is -0.346 e. The largest absolute Gasteiger partial charge is 0.346 e. The van der Waals surface area contributed by atoms with Crippen LogP contribution in [0.25, 0.3) is 11.0 Å². The smallest absolute Gasteiger partial charge is 0.272 e. The summed E-state index contributed by atoms with van der Waals surface area (Å²) in [6, 6.07) is 15.1. The second-order valence-electron chi connectivity index (χ2n) is 7.62. The van der Waals surface area contributed by atoms with Gasteiger partial charge in [0.15, 0.2) is 0 Å². The van der Waals surface area contributed by atoms with Gasteiger partial charge >= 0.3 is 0 Å². The predicted octanol–water partition coefficient (Wildman–Crippen LogP) is 3.23. The van der Waals surface area contributed by atoms with Gasteiger partial charge in [0, 0.05) is 43.8 Å². The number of rotatable bonds is 2. The Morgan fingerprint density at radius 3 is 2.67 bits per heavy atom. The molecule has 1 saturated heterocycles. The van der Waals surface area contributed by atoms with Gasteiger partial charge in [-0.2, -0.15) is 0 Å². The van der Waals surface area contributed by atoms with E-state index in [0.29, 0.717) is 11.7 Å². The van der Waals surface area contributed by atoms with Crippen molar-refractivity contribution in [3.05, 3.63) is 65.5 Å². The molecule has 5 heteroatoms. The predicted molar refractivity (Wildman–Crippen MR) is 106 cm³/mol. The van der Waals surface area contributed by atoms with Gasteiger partial charge in [0.25, 0.3) is 5.91 Å². The van der Waals surface area contributed by atoms with Crippen molar-refractivity contribution < 1.29 is 4.79 Å². The maximum absolute atomic E-state index is 12.8. The van der Waals surface area contributed by atoms with Crippen LogP contribution in [-0.2, 0) is 13.0 Å². The van der Waals surface area contributed by atoms with Crippen LogP contribution in [-0.4, -0.2) is 51.4 Å². The standard InChI is InChI=1S/C22H24N4O/c27-22(20-6-5-17-7-11-23-21(17)24-20)25-13-9-19(10-14-25)26-12-8-16-3-1-2-4-18(16)15-26/h1-7,11,19H,8-10,12-15H2,(H,23,24). The lowest BCUT2D eigenvalue weighted by Crippen LogP contribution is -2.48. The summed E-state index contributed by atoms with van der Waals surface area (Å²) in [6.07, 6.45) is 5.07. The number of nitrogens with one attached hydrogen (secondary N) is 1. The van der Waals surface area contributed by atoms with Crippen LogP contribution in [0.15, 0.2) is 48.7 Å². The van der Waals surface area contributed by atoms with Gasteiger partial charge in [-0.3, -0.25) is 9.69 Å². The summed E-state index contributed by atoms with van der Waals surface area (Å²) in [5.74, 6) is 0.0499. The third-order valence-electron chi connectivity index (χ3n) is 6.06. The first-order chi connectivity index (χ1) is 13.3. The molecule has 0 unspecified atom stereocenters. The Balaban J connectivity index is 1.23. The number of carbonyl (C=O) groups is 1. The maximum atomic E-state index is 12.8. The van der Waals surface area contributed by atoms with Gasteiger partial charge in [-0.25, -0.2) is 4.98 Å². The molecule has 0 saturated carbocycles. The first-order valence-corrected chi connectivity index (χ1v) is 9.82. The fraction of sp³-hybridized carbons (Fsp3) is 0.364. The molecule has 0 atom stereocenters. The van der Waals surface area contributed by atoms with Crippen LogP contribution in [0.4, 0.5) is 0 Å². The number of nitrogens with zero attached hydrogens (tertiary/aromatic N) is 3. The van der Waals surface area contributed by atoms with Crippen molar-refractivity contribution in [1.82, 2.24) is 19.8 Å². The Morgan fingerprint density at radius 2 is 1.81 bits per heavy atom. The molecular weight excluding hydrogens is 336 g/mol. The minimum atomic E-state index is 0.0499. The summed E-state index contributed by atoms with van der Waals surface area (Å²) >= 11 is 0. The lowest BCUT2D eigenvalue weighted by atomic mass is 9.95. The molecule has 1 aromatic carbocycles. The molecule has 5 rings (SSSR count). The molecule has 1 fully saturated rings. The molecule has 138 valence electrons. The first-order valence-electron chi connectivity index (χ1n) is 9.82. The number of hydrogen-bond acceptors (Lipinski definition) is 3. The van der Waals surface area contributed by atoms with Gasteiger partial charge in [0.1, 0.15) is 11.3 Å². The van der Waals surface area contributed by atoms with Crippen LogP contribution in [0.1, 0.15) is 34.5 Å². The van der Waals surface area contributed by atoms with Gasteiger partial charge in [0.2, 0.25) is 0 Å². The Morgan fingerprint density at radius 1 is 1.00 bits per heavy atom. The normalized spacial score (nSPS) is 18.6. The Bertz CT molecular complexity index is 971. The highest BCUT2D eigenvalue weighted by molar-refractivity contribution is 5.94. The molecule has 0 spiro atoms. The van der Waals surface area contributed by atoms with E-state index in [1.165, 1.54) is 11.1 Å². The number of piperidine rings is 1. The van der Waals surface area contributed by atoms with Crippen molar-refractivity contribution in [1.29, 1.82) is 0 Å². The molecule has 5 nitrogen and oxygen atoms in total. The SMILES string of the molecule is O=C(c1ccc2cc[nH]c2n1)N1CCC(N2CCc3ccccc3C2)CC1. The van der Waals surface area contributed by atoms with Crippen molar-refractivity contribution in [2.24, 2.45) is 0 Å². The number of aromatic nitrogens is 2. The van der Waals surface area contributed by atoms with Crippen LogP contribution in [0, 0.1) is 0 Å². The van der Waals surface area contributed by atoms with Crippen molar-refractivity contribution in [3.8, 4) is 0 Å². The number of carbonyl (C=O) groups excluding carboxylic acids is 1. The molecular formula is C22H24N4O. The molecule has 3 aromatic rings. The zero-order valence-electron chi connectivity index (χ0n) is 15.4. The summed E-state index contributed by atoms with van der Waals surface area (Å²) in [5, 5.41) is 1.04. The molecule has 0 radical (unpaired) electrons. The van der Waals surface area contributed by atoms with E-state index in [4.69, 9.17) is 0 Å². The lowest BCUT2D eigenvalue weighted by Gasteiger charge is -2.40.